The first kappa shape index (κ1) is 18.9. The molecular weight excluding hydrogens is 328 g/mol. The van der Waals surface area contributed by atoms with Gasteiger partial charge in [0.05, 0.1) is 0 Å². The maximum absolute atomic E-state index is 12.0. The van der Waals surface area contributed by atoms with Gasteiger partial charge in [-0.25, -0.2) is 4.79 Å². The second-order valence-corrected chi connectivity index (χ2v) is 5.97. The van der Waals surface area contributed by atoms with Gasteiger partial charge in [-0.2, -0.15) is 5.26 Å². The van der Waals surface area contributed by atoms with E-state index < -0.39 is 18.5 Å². The van der Waals surface area contributed by atoms with Crippen molar-refractivity contribution in [1.82, 2.24) is 0 Å². The minimum atomic E-state index is -0.829. The maximum atomic E-state index is 12.0. The number of nitrogens with one attached hydrogen (secondary N) is 1. The highest BCUT2D eigenvalue weighted by Crippen LogP contribution is 2.19. The van der Waals surface area contributed by atoms with E-state index in [-0.39, 0.29) is 5.57 Å². The number of ether oxygens (including phenoxy) is 1. The summed E-state index contributed by atoms with van der Waals surface area (Å²) < 4.78 is 4.96. The molecule has 5 nitrogen and oxygen atoms in total. The molecule has 0 saturated carbocycles. The standard InChI is InChI=1S/C21H20N2O3/c1-14-7-9-17(10-8-14)11-18(12-22)21(25)26-13-19(24)23-20-15(2)5-4-6-16(20)3/h4-11H,13H2,1-3H3,(H,23,24)/b18-11+. The number of hydrogen-bond donors (Lipinski definition) is 1. The third-order valence-electron chi connectivity index (χ3n) is 3.81. The molecule has 0 spiro atoms. The molecule has 2 rings (SSSR count). The van der Waals surface area contributed by atoms with Gasteiger partial charge in [0.25, 0.3) is 5.91 Å². The second-order valence-electron chi connectivity index (χ2n) is 5.97. The van der Waals surface area contributed by atoms with Gasteiger partial charge < -0.3 is 10.1 Å². The van der Waals surface area contributed by atoms with Crippen LogP contribution in [0, 0.1) is 32.1 Å². The van der Waals surface area contributed by atoms with Gasteiger partial charge >= 0.3 is 5.97 Å². The average molecular weight is 348 g/mol. The van der Waals surface area contributed by atoms with Crippen LogP contribution >= 0.6 is 0 Å². The molecule has 2 aromatic carbocycles. The first-order valence-corrected chi connectivity index (χ1v) is 8.12. The normalized spacial score (nSPS) is 10.8. The predicted octanol–water partition coefficient (Wildman–Crippen LogP) is 3.70. The van der Waals surface area contributed by atoms with Crippen molar-refractivity contribution >= 4 is 23.6 Å². The number of nitriles is 1. The lowest BCUT2D eigenvalue weighted by atomic mass is 10.1. The van der Waals surface area contributed by atoms with E-state index in [1.807, 2.05) is 57.2 Å². The Morgan fingerprint density at radius 2 is 1.69 bits per heavy atom. The van der Waals surface area contributed by atoms with E-state index in [2.05, 4.69) is 5.32 Å². The number of aryl methyl sites for hydroxylation is 3. The summed E-state index contributed by atoms with van der Waals surface area (Å²) in [4.78, 5) is 24.1. The van der Waals surface area contributed by atoms with Crippen LogP contribution in [0.25, 0.3) is 6.08 Å². The van der Waals surface area contributed by atoms with E-state index >= 15 is 0 Å². The van der Waals surface area contributed by atoms with Crippen LogP contribution in [-0.4, -0.2) is 18.5 Å². The van der Waals surface area contributed by atoms with Crippen LogP contribution in [0.1, 0.15) is 22.3 Å². The summed E-state index contributed by atoms with van der Waals surface area (Å²) >= 11 is 0. The molecule has 0 saturated heterocycles. The van der Waals surface area contributed by atoms with Gasteiger partial charge in [0.15, 0.2) is 6.61 Å². The fourth-order valence-corrected chi connectivity index (χ4v) is 2.36. The molecule has 1 amide bonds. The van der Waals surface area contributed by atoms with Crippen molar-refractivity contribution in [3.05, 3.63) is 70.3 Å². The largest absolute Gasteiger partial charge is 0.451 e. The van der Waals surface area contributed by atoms with Crippen molar-refractivity contribution in [1.29, 1.82) is 5.26 Å². The molecule has 0 atom stereocenters. The molecule has 0 aromatic heterocycles. The Hall–Kier alpha value is -3.39. The molecule has 0 aliphatic carbocycles. The molecule has 0 aliphatic heterocycles. The van der Waals surface area contributed by atoms with Crippen molar-refractivity contribution in [3.8, 4) is 6.07 Å². The van der Waals surface area contributed by atoms with Crippen LogP contribution < -0.4 is 5.32 Å². The summed E-state index contributed by atoms with van der Waals surface area (Å²) in [6.45, 7) is 5.25. The number of para-hydroxylation sites is 1. The zero-order chi connectivity index (χ0) is 19.1. The topological polar surface area (TPSA) is 79.2 Å². The van der Waals surface area contributed by atoms with Crippen LogP contribution in [0.3, 0.4) is 0 Å². The Bertz CT molecular complexity index is 870. The number of carbonyl (C=O) groups is 2. The number of anilines is 1. The number of nitrogens with zero attached hydrogens (tertiary/aromatic N) is 1. The van der Waals surface area contributed by atoms with Crippen molar-refractivity contribution in [2.24, 2.45) is 0 Å². The van der Waals surface area contributed by atoms with E-state index in [0.29, 0.717) is 11.3 Å². The SMILES string of the molecule is Cc1ccc(/C=C(\C#N)C(=O)OCC(=O)Nc2c(C)cccc2C)cc1. The summed E-state index contributed by atoms with van der Waals surface area (Å²) in [7, 11) is 0. The molecule has 26 heavy (non-hydrogen) atoms. The highest BCUT2D eigenvalue weighted by molar-refractivity contribution is 6.00. The molecule has 2 aromatic rings. The molecule has 0 radical (unpaired) electrons. The Morgan fingerprint density at radius 1 is 1.08 bits per heavy atom. The Morgan fingerprint density at radius 3 is 2.27 bits per heavy atom. The maximum Gasteiger partial charge on any atom is 0.349 e. The lowest BCUT2D eigenvalue weighted by Crippen LogP contribution is -2.22. The van der Waals surface area contributed by atoms with Crippen LogP contribution in [0.15, 0.2) is 48.0 Å². The van der Waals surface area contributed by atoms with Crippen molar-refractivity contribution < 1.29 is 14.3 Å². The predicted molar refractivity (Wildman–Crippen MR) is 100 cm³/mol. The van der Waals surface area contributed by atoms with E-state index in [4.69, 9.17) is 10.00 Å². The molecule has 0 fully saturated rings. The van der Waals surface area contributed by atoms with Crippen LogP contribution in [0.2, 0.25) is 0 Å². The number of rotatable bonds is 5. The van der Waals surface area contributed by atoms with Gasteiger partial charge in [0.2, 0.25) is 0 Å². The number of esters is 1. The lowest BCUT2D eigenvalue weighted by molar-refractivity contribution is -0.142. The molecule has 0 bridgehead atoms. The fraction of sp³-hybridized carbons (Fsp3) is 0.190. The molecule has 5 heteroatoms. The summed E-state index contributed by atoms with van der Waals surface area (Å²) in [5.74, 6) is -1.28. The fourth-order valence-electron chi connectivity index (χ4n) is 2.36. The molecular formula is C21H20N2O3. The first-order chi connectivity index (χ1) is 12.4. The van der Waals surface area contributed by atoms with Gasteiger partial charge in [0.1, 0.15) is 11.6 Å². The summed E-state index contributed by atoms with van der Waals surface area (Å²) in [6.07, 6.45) is 1.44. The van der Waals surface area contributed by atoms with E-state index in [1.165, 1.54) is 6.08 Å². The van der Waals surface area contributed by atoms with E-state index in [1.54, 1.807) is 12.1 Å². The number of carbonyl (C=O) groups excluding carboxylic acids is 2. The van der Waals surface area contributed by atoms with Crippen molar-refractivity contribution in [2.45, 2.75) is 20.8 Å². The molecule has 0 unspecified atom stereocenters. The van der Waals surface area contributed by atoms with Gasteiger partial charge in [-0.05, 0) is 43.5 Å². The zero-order valence-electron chi connectivity index (χ0n) is 15.0. The minimum Gasteiger partial charge on any atom is -0.451 e. The lowest BCUT2D eigenvalue weighted by Gasteiger charge is -2.11. The van der Waals surface area contributed by atoms with Crippen LogP contribution in [0.5, 0.6) is 0 Å². The van der Waals surface area contributed by atoms with E-state index in [9.17, 15) is 9.59 Å². The third-order valence-corrected chi connectivity index (χ3v) is 3.81. The minimum absolute atomic E-state index is 0.159. The third kappa shape index (κ3) is 5.05. The number of amides is 1. The Kier molecular flexibility index (Phi) is 6.29. The molecule has 0 aliphatic rings. The second kappa shape index (κ2) is 8.63. The molecule has 0 heterocycles. The summed E-state index contributed by atoms with van der Waals surface area (Å²) in [5, 5.41) is 11.9. The van der Waals surface area contributed by atoms with Crippen molar-refractivity contribution in [2.75, 3.05) is 11.9 Å². The highest BCUT2D eigenvalue weighted by Gasteiger charge is 2.14. The van der Waals surface area contributed by atoms with Gasteiger partial charge in [0, 0.05) is 5.69 Å². The highest BCUT2D eigenvalue weighted by atomic mass is 16.5. The van der Waals surface area contributed by atoms with Gasteiger partial charge in [-0.3, -0.25) is 4.79 Å². The van der Waals surface area contributed by atoms with Crippen LogP contribution in [0.4, 0.5) is 5.69 Å². The zero-order valence-corrected chi connectivity index (χ0v) is 15.0. The van der Waals surface area contributed by atoms with E-state index in [0.717, 1.165) is 16.7 Å². The number of hydrogen-bond acceptors (Lipinski definition) is 4. The summed E-state index contributed by atoms with van der Waals surface area (Å²) in [5.41, 5.74) is 4.16. The van der Waals surface area contributed by atoms with Gasteiger partial charge in [-0.1, -0.05) is 48.0 Å². The van der Waals surface area contributed by atoms with Crippen molar-refractivity contribution in [3.63, 3.8) is 0 Å². The molecule has 1 N–H and O–H groups in total. The average Bonchev–Trinajstić information content (AvgIpc) is 2.62. The molecule has 132 valence electrons. The van der Waals surface area contributed by atoms with Crippen LogP contribution in [-0.2, 0) is 14.3 Å². The Labute approximate surface area is 152 Å². The monoisotopic (exact) mass is 348 g/mol. The first-order valence-electron chi connectivity index (χ1n) is 8.12. The van der Waals surface area contributed by atoms with Gasteiger partial charge in [-0.15, -0.1) is 0 Å². The number of benzene rings is 2. The Balaban J connectivity index is 1.99. The smallest absolute Gasteiger partial charge is 0.349 e. The quantitative estimate of drug-likeness (QED) is 0.508. The summed E-state index contributed by atoms with van der Waals surface area (Å²) in [6, 6.07) is 14.8.